The molecule has 0 saturated heterocycles. The SMILES string of the molecule is CCN(CC)C1CC2CCNc3cccc1c32. The highest BCUT2D eigenvalue weighted by Gasteiger charge is 2.36. The minimum Gasteiger partial charge on any atom is -0.385 e. The third-order valence-corrected chi connectivity index (χ3v) is 4.48. The molecule has 0 aromatic heterocycles. The van der Waals surface area contributed by atoms with Gasteiger partial charge in [0.1, 0.15) is 0 Å². The third kappa shape index (κ3) is 1.66. The first-order valence-electron chi connectivity index (χ1n) is 6.95. The van der Waals surface area contributed by atoms with E-state index < -0.39 is 0 Å². The normalized spacial score (nSPS) is 25.8. The van der Waals surface area contributed by atoms with Gasteiger partial charge < -0.3 is 5.32 Å². The Balaban J connectivity index is 2.02. The zero-order chi connectivity index (χ0) is 11.8. The monoisotopic (exact) mass is 230 g/mol. The maximum absolute atomic E-state index is 3.55. The van der Waals surface area contributed by atoms with Gasteiger partial charge in [-0.05, 0) is 49.0 Å². The molecule has 1 aliphatic carbocycles. The van der Waals surface area contributed by atoms with Crippen molar-refractivity contribution in [1.82, 2.24) is 4.90 Å². The number of nitrogens with zero attached hydrogens (tertiary/aromatic N) is 1. The summed E-state index contributed by atoms with van der Waals surface area (Å²) in [5.41, 5.74) is 4.60. The fourth-order valence-corrected chi connectivity index (χ4v) is 3.65. The Hall–Kier alpha value is -1.02. The summed E-state index contributed by atoms with van der Waals surface area (Å²) in [7, 11) is 0. The smallest absolute Gasteiger partial charge is 0.0378 e. The lowest BCUT2D eigenvalue weighted by Gasteiger charge is -2.27. The second-order valence-electron chi connectivity index (χ2n) is 5.19. The second kappa shape index (κ2) is 4.34. The Morgan fingerprint density at radius 2 is 2.12 bits per heavy atom. The lowest BCUT2D eigenvalue weighted by Crippen LogP contribution is -2.27. The fourth-order valence-electron chi connectivity index (χ4n) is 3.65. The fraction of sp³-hybridized carbons (Fsp3) is 0.600. The van der Waals surface area contributed by atoms with Crippen molar-refractivity contribution >= 4 is 5.69 Å². The van der Waals surface area contributed by atoms with Crippen LogP contribution in [0, 0.1) is 0 Å². The molecule has 2 nitrogen and oxygen atoms in total. The van der Waals surface area contributed by atoms with Crippen molar-refractivity contribution in [1.29, 1.82) is 0 Å². The van der Waals surface area contributed by atoms with Gasteiger partial charge >= 0.3 is 0 Å². The molecule has 0 radical (unpaired) electrons. The molecule has 3 rings (SSSR count). The Morgan fingerprint density at radius 3 is 2.88 bits per heavy atom. The Bertz CT molecular complexity index is 409. The summed E-state index contributed by atoms with van der Waals surface area (Å²) in [6.45, 7) is 8.01. The molecule has 17 heavy (non-hydrogen) atoms. The van der Waals surface area contributed by atoms with Crippen LogP contribution >= 0.6 is 0 Å². The van der Waals surface area contributed by atoms with Gasteiger partial charge in [0.05, 0.1) is 0 Å². The molecule has 1 aromatic rings. The van der Waals surface area contributed by atoms with Crippen LogP contribution in [0.5, 0.6) is 0 Å². The molecule has 92 valence electrons. The van der Waals surface area contributed by atoms with Crippen molar-refractivity contribution in [3.63, 3.8) is 0 Å². The molecule has 0 fully saturated rings. The average molecular weight is 230 g/mol. The maximum atomic E-state index is 3.55. The topological polar surface area (TPSA) is 15.3 Å². The van der Waals surface area contributed by atoms with E-state index in [9.17, 15) is 0 Å². The Labute approximate surface area is 104 Å². The van der Waals surface area contributed by atoms with E-state index in [1.54, 1.807) is 11.1 Å². The van der Waals surface area contributed by atoms with Gasteiger partial charge in [-0.2, -0.15) is 0 Å². The van der Waals surface area contributed by atoms with Crippen LogP contribution in [0.2, 0.25) is 0 Å². The maximum Gasteiger partial charge on any atom is 0.0378 e. The van der Waals surface area contributed by atoms with Gasteiger partial charge in [0.15, 0.2) is 0 Å². The molecule has 1 N–H and O–H groups in total. The van der Waals surface area contributed by atoms with Gasteiger partial charge in [0.2, 0.25) is 0 Å². The van der Waals surface area contributed by atoms with Crippen LogP contribution in [0.1, 0.15) is 49.8 Å². The summed E-state index contributed by atoms with van der Waals surface area (Å²) in [6.07, 6.45) is 2.64. The van der Waals surface area contributed by atoms with Crippen LogP contribution in [-0.4, -0.2) is 24.5 Å². The van der Waals surface area contributed by atoms with Crippen LogP contribution < -0.4 is 5.32 Å². The lowest BCUT2D eigenvalue weighted by molar-refractivity contribution is 0.211. The summed E-state index contributed by atoms with van der Waals surface area (Å²) in [6, 6.07) is 7.46. The zero-order valence-electron chi connectivity index (χ0n) is 10.9. The third-order valence-electron chi connectivity index (χ3n) is 4.48. The standard InChI is InChI=1S/C15H22N2/c1-3-17(4-2)14-10-11-8-9-16-13-7-5-6-12(14)15(11)13/h5-7,11,14,16H,3-4,8-10H2,1-2H3. The molecule has 2 unspecified atom stereocenters. The van der Waals surface area contributed by atoms with Crippen molar-refractivity contribution in [2.75, 3.05) is 25.0 Å². The highest BCUT2D eigenvalue weighted by molar-refractivity contribution is 5.61. The average Bonchev–Trinajstić information content (AvgIpc) is 2.73. The molecule has 2 aliphatic rings. The molecular weight excluding hydrogens is 208 g/mol. The van der Waals surface area contributed by atoms with Crippen LogP contribution in [-0.2, 0) is 0 Å². The predicted octanol–water partition coefficient (Wildman–Crippen LogP) is 3.37. The largest absolute Gasteiger partial charge is 0.385 e. The van der Waals surface area contributed by atoms with Crippen molar-refractivity contribution in [3.05, 3.63) is 29.3 Å². The van der Waals surface area contributed by atoms with E-state index in [-0.39, 0.29) is 0 Å². The minimum atomic E-state index is 0.657. The first-order valence-corrected chi connectivity index (χ1v) is 6.95. The molecular formula is C15H22N2. The first-order chi connectivity index (χ1) is 8.35. The molecule has 2 atom stereocenters. The molecule has 1 heterocycles. The highest BCUT2D eigenvalue weighted by atomic mass is 15.1. The summed E-state index contributed by atoms with van der Waals surface area (Å²) < 4.78 is 0. The van der Waals surface area contributed by atoms with Crippen molar-refractivity contribution in [2.24, 2.45) is 0 Å². The van der Waals surface area contributed by atoms with Crippen LogP contribution in [0.4, 0.5) is 5.69 Å². The molecule has 0 spiro atoms. The molecule has 0 bridgehead atoms. The van der Waals surface area contributed by atoms with Gasteiger partial charge in [-0.1, -0.05) is 26.0 Å². The van der Waals surface area contributed by atoms with Crippen LogP contribution in [0.25, 0.3) is 0 Å². The van der Waals surface area contributed by atoms with Gasteiger partial charge in [0, 0.05) is 18.3 Å². The summed E-state index contributed by atoms with van der Waals surface area (Å²) >= 11 is 0. The summed E-state index contributed by atoms with van der Waals surface area (Å²) in [4.78, 5) is 2.61. The van der Waals surface area contributed by atoms with E-state index in [0.29, 0.717) is 6.04 Å². The molecule has 2 heteroatoms. The van der Waals surface area contributed by atoms with E-state index in [0.717, 1.165) is 25.6 Å². The van der Waals surface area contributed by atoms with Crippen molar-refractivity contribution in [2.45, 2.75) is 38.6 Å². The number of nitrogens with one attached hydrogen (secondary N) is 1. The van der Waals surface area contributed by atoms with Crippen molar-refractivity contribution < 1.29 is 0 Å². The van der Waals surface area contributed by atoms with Gasteiger partial charge in [-0.3, -0.25) is 4.90 Å². The zero-order valence-corrected chi connectivity index (χ0v) is 10.9. The quantitative estimate of drug-likeness (QED) is 0.856. The first kappa shape index (κ1) is 11.1. The van der Waals surface area contributed by atoms with Crippen LogP contribution in [0.3, 0.4) is 0 Å². The van der Waals surface area contributed by atoms with Crippen LogP contribution in [0.15, 0.2) is 18.2 Å². The van der Waals surface area contributed by atoms with Gasteiger partial charge in [-0.15, -0.1) is 0 Å². The molecule has 1 aromatic carbocycles. The van der Waals surface area contributed by atoms with E-state index in [4.69, 9.17) is 0 Å². The van der Waals surface area contributed by atoms with Gasteiger partial charge in [0.25, 0.3) is 0 Å². The van der Waals surface area contributed by atoms with Crippen molar-refractivity contribution in [3.8, 4) is 0 Å². The lowest BCUT2D eigenvalue weighted by atomic mass is 9.93. The van der Waals surface area contributed by atoms with E-state index in [1.807, 2.05) is 0 Å². The number of anilines is 1. The minimum absolute atomic E-state index is 0.657. The number of hydrogen-bond acceptors (Lipinski definition) is 2. The number of rotatable bonds is 3. The molecule has 1 aliphatic heterocycles. The summed E-state index contributed by atoms with van der Waals surface area (Å²) in [5, 5.41) is 3.55. The second-order valence-corrected chi connectivity index (χ2v) is 5.19. The summed E-state index contributed by atoms with van der Waals surface area (Å²) in [5.74, 6) is 0.799. The Kier molecular flexibility index (Phi) is 2.83. The van der Waals surface area contributed by atoms with E-state index >= 15 is 0 Å². The molecule has 0 saturated carbocycles. The van der Waals surface area contributed by atoms with E-state index in [1.165, 1.54) is 18.5 Å². The number of hydrogen-bond donors (Lipinski definition) is 1. The highest BCUT2D eigenvalue weighted by Crippen LogP contribution is 2.49. The Morgan fingerprint density at radius 1 is 1.29 bits per heavy atom. The molecule has 0 amide bonds. The predicted molar refractivity (Wildman–Crippen MR) is 72.6 cm³/mol. The van der Waals surface area contributed by atoms with E-state index in [2.05, 4.69) is 42.3 Å². The number of benzene rings is 1. The van der Waals surface area contributed by atoms with Gasteiger partial charge in [-0.25, -0.2) is 0 Å².